The van der Waals surface area contributed by atoms with Gasteiger partial charge in [-0.15, -0.1) is 0 Å². The molecule has 4 heteroatoms. The smallest absolute Gasteiger partial charge is 0.155 e. The number of nitrogens with zero attached hydrogens (tertiary/aromatic N) is 4. The van der Waals surface area contributed by atoms with Crippen molar-refractivity contribution in [2.45, 2.75) is 6.92 Å². The maximum atomic E-state index is 4.33. The third-order valence-electron chi connectivity index (χ3n) is 1.88. The van der Waals surface area contributed by atoms with Crippen molar-refractivity contribution in [1.82, 2.24) is 15.0 Å². The molecule has 2 heterocycles. The summed E-state index contributed by atoms with van der Waals surface area (Å²) in [5.41, 5.74) is 1.70. The molecule has 0 saturated heterocycles. The quantitative estimate of drug-likeness (QED) is 0.693. The van der Waals surface area contributed by atoms with Gasteiger partial charge in [-0.3, -0.25) is 4.98 Å². The van der Waals surface area contributed by atoms with E-state index < -0.39 is 0 Å². The molecule has 0 atom stereocenters. The Morgan fingerprint density at radius 3 is 2.73 bits per heavy atom. The van der Waals surface area contributed by atoms with E-state index in [4.69, 9.17) is 0 Å². The molecule has 0 saturated carbocycles. The van der Waals surface area contributed by atoms with Crippen LogP contribution < -0.4 is 0 Å². The van der Waals surface area contributed by atoms with Crippen molar-refractivity contribution in [3.63, 3.8) is 0 Å². The number of hydrogen-bond donors (Lipinski definition) is 0. The van der Waals surface area contributed by atoms with Gasteiger partial charge in [-0.1, -0.05) is 6.07 Å². The van der Waals surface area contributed by atoms with Gasteiger partial charge in [-0.25, -0.2) is 15.0 Å². The number of hydrogen-bond acceptors (Lipinski definition) is 4. The standard InChI is InChI=1S/C11H10N4/c1-9(10-4-2-3-6-13-10)15-11-5-7-12-8-14-11/h2-8H,1H3. The van der Waals surface area contributed by atoms with E-state index in [0.717, 1.165) is 11.4 Å². The molecule has 0 aliphatic heterocycles. The summed E-state index contributed by atoms with van der Waals surface area (Å²) in [5, 5.41) is 0. The second-order valence-electron chi connectivity index (χ2n) is 2.98. The molecule has 0 radical (unpaired) electrons. The van der Waals surface area contributed by atoms with Gasteiger partial charge in [0, 0.05) is 18.5 Å². The summed E-state index contributed by atoms with van der Waals surface area (Å²) in [7, 11) is 0. The lowest BCUT2D eigenvalue weighted by molar-refractivity contribution is 1.15. The van der Waals surface area contributed by atoms with Crippen molar-refractivity contribution in [3.05, 3.63) is 48.7 Å². The van der Waals surface area contributed by atoms with E-state index in [1.807, 2.05) is 25.1 Å². The molecule has 0 aromatic carbocycles. The second-order valence-corrected chi connectivity index (χ2v) is 2.98. The number of aliphatic imine (C=N–C) groups is 1. The Morgan fingerprint density at radius 2 is 2.07 bits per heavy atom. The predicted octanol–water partition coefficient (Wildman–Crippen LogP) is 2.01. The fraction of sp³-hybridized carbons (Fsp3) is 0.0909. The molecule has 4 nitrogen and oxygen atoms in total. The Bertz CT molecular complexity index is 451. The molecule has 74 valence electrons. The molecule has 0 fully saturated rings. The Kier molecular flexibility index (Phi) is 2.78. The van der Waals surface area contributed by atoms with Crippen molar-refractivity contribution >= 4 is 11.5 Å². The minimum absolute atomic E-state index is 0.646. The first-order valence-corrected chi connectivity index (χ1v) is 4.59. The van der Waals surface area contributed by atoms with Crippen LogP contribution in [0.5, 0.6) is 0 Å². The first-order chi connectivity index (χ1) is 7.36. The van der Waals surface area contributed by atoms with Gasteiger partial charge in [0.15, 0.2) is 5.82 Å². The predicted molar refractivity (Wildman–Crippen MR) is 58.1 cm³/mol. The van der Waals surface area contributed by atoms with Gasteiger partial charge in [-0.2, -0.15) is 0 Å². The van der Waals surface area contributed by atoms with Gasteiger partial charge in [-0.05, 0) is 19.1 Å². The molecule has 0 spiro atoms. The molecule has 0 bridgehead atoms. The highest BCUT2D eigenvalue weighted by molar-refractivity contribution is 5.98. The Labute approximate surface area is 87.8 Å². The van der Waals surface area contributed by atoms with Crippen LogP contribution in [0, 0.1) is 0 Å². The molecule has 0 amide bonds. The second kappa shape index (κ2) is 4.41. The lowest BCUT2D eigenvalue weighted by Gasteiger charge is -1.98. The van der Waals surface area contributed by atoms with Crippen molar-refractivity contribution in [3.8, 4) is 0 Å². The number of aromatic nitrogens is 3. The van der Waals surface area contributed by atoms with E-state index in [1.54, 1.807) is 18.5 Å². The summed E-state index contributed by atoms with van der Waals surface area (Å²) in [4.78, 5) is 16.4. The zero-order valence-electron chi connectivity index (χ0n) is 8.33. The molecule has 2 aromatic rings. The summed E-state index contributed by atoms with van der Waals surface area (Å²) in [5.74, 6) is 0.646. The largest absolute Gasteiger partial charge is 0.255 e. The monoisotopic (exact) mass is 198 g/mol. The molecule has 0 N–H and O–H groups in total. The normalized spacial score (nSPS) is 11.4. The Morgan fingerprint density at radius 1 is 1.13 bits per heavy atom. The molecule has 2 aromatic heterocycles. The third-order valence-corrected chi connectivity index (χ3v) is 1.88. The minimum atomic E-state index is 0.646. The number of rotatable bonds is 2. The zero-order chi connectivity index (χ0) is 10.5. The highest BCUT2D eigenvalue weighted by Crippen LogP contribution is 2.07. The van der Waals surface area contributed by atoms with Crippen LogP contribution in [0.4, 0.5) is 5.82 Å². The van der Waals surface area contributed by atoms with E-state index in [2.05, 4.69) is 19.9 Å². The van der Waals surface area contributed by atoms with Crippen LogP contribution in [0.1, 0.15) is 12.6 Å². The molecule has 15 heavy (non-hydrogen) atoms. The van der Waals surface area contributed by atoms with Crippen LogP contribution in [0.25, 0.3) is 0 Å². The van der Waals surface area contributed by atoms with Gasteiger partial charge in [0.2, 0.25) is 0 Å². The van der Waals surface area contributed by atoms with E-state index in [9.17, 15) is 0 Å². The van der Waals surface area contributed by atoms with Crippen molar-refractivity contribution < 1.29 is 0 Å². The summed E-state index contributed by atoms with van der Waals surface area (Å²) in [6, 6.07) is 7.48. The molecule has 0 aliphatic carbocycles. The fourth-order valence-corrected chi connectivity index (χ4v) is 1.16. The summed E-state index contributed by atoms with van der Waals surface area (Å²) < 4.78 is 0. The van der Waals surface area contributed by atoms with Gasteiger partial charge >= 0.3 is 0 Å². The fourth-order valence-electron chi connectivity index (χ4n) is 1.16. The Balaban J connectivity index is 2.29. The van der Waals surface area contributed by atoms with E-state index >= 15 is 0 Å². The average Bonchev–Trinajstić information content (AvgIpc) is 2.31. The molecule has 2 rings (SSSR count). The Hall–Kier alpha value is -2.10. The maximum absolute atomic E-state index is 4.33. The lowest BCUT2D eigenvalue weighted by atomic mass is 10.2. The van der Waals surface area contributed by atoms with Gasteiger partial charge < -0.3 is 0 Å². The summed E-state index contributed by atoms with van der Waals surface area (Å²) in [6.07, 6.45) is 4.89. The maximum Gasteiger partial charge on any atom is 0.155 e. The van der Waals surface area contributed by atoms with Crippen LogP contribution in [0.15, 0.2) is 48.0 Å². The van der Waals surface area contributed by atoms with Crippen LogP contribution >= 0.6 is 0 Å². The first-order valence-electron chi connectivity index (χ1n) is 4.59. The van der Waals surface area contributed by atoms with Crippen molar-refractivity contribution in [2.75, 3.05) is 0 Å². The van der Waals surface area contributed by atoms with Crippen LogP contribution in [-0.4, -0.2) is 20.7 Å². The zero-order valence-corrected chi connectivity index (χ0v) is 8.33. The summed E-state index contributed by atoms with van der Waals surface area (Å²) in [6.45, 7) is 1.91. The van der Waals surface area contributed by atoms with Crippen LogP contribution in [-0.2, 0) is 0 Å². The highest BCUT2D eigenvalue weighted by atomic mass is 14.9. The minimum Gasteiger partial charge on any atom is -0.255 e. The third kappa shape index (κ3) is 2.43. The van der Waals surface area contributed by atoms with Crippen molar-refractivity contribution in [2.24, 2.45) is 4.99 Å². The summed E-state index contributed by atoms with van der Waals surface area (Å²) >= 11 is 0. The topological polar surface area (TPSA) is 51.0 Å². The van der Waals surface area contributed by atoms with Crippen LogP contribution in [0.2, 0.25) is 0 Å². The lowest BCUT2D eigenvalue weighted by Crippen LogP contribution is -1.96. The van der Waals surface area contributed by atoms with Crippen molar-refractivity contribution in [1.29, 1.82) is 0 Å². The van der Waals surface area contributed by atoms with Gasteiger partial charge in [0.1, 0.15) is 6.33 Å². The SMILES string of the molecule is CC(=Nc1ccncn1)c1ccccn1. The first kappa shape index (κ1) is 9.45. The molecular formula is C11H10N4. The van der Waals surface area contributed by atoms with Gasteiger partial charge in [0.05, 0.1) is 11.4 Å². The van der Waals surface area contributed by atoms with E-state index in [0.29, 0.717) is 5.82 Å². The van der Waals surface area contributed by atoms with Gasteiger partial charge in [0.25, 0.3) is 0 Å². The molecular weight excluding hydrogens is 188 g/mol. The van der Waals surface area contributed by atoms with E-state index in [1.165, 1.54) is 6.33 Å². The molecule has 0 aliphatic rings. The number of pyridine rings is 1. The van der Waals surface area contributed by atoms with Crippen LogP contribution in [0.3, 0.4) is 0 Å². The van der Waals surface area contributed by atoms with E-state index in [-0.39, 0.29) is 0 Å². The molecule has 0 unspecified atom stereocenters. The highest BCUT2D eigenvalue weighted by Gasteiger charge is 1.97. The average molecular weight is 198 g/mol.